The molecule has 1 atom stereocenters. The molecule has 1 aromatic heterocycles. The minimum absolute atomic E-state index is 0.00183. The van der Waals surface area contributed by atoms with E-state index in [2.05, 4.69) is 10.3 Å². The van der Waals surface area contributed by atoms with Crippen molar-refractivity contribution in [2.45, 2.75) is 19.9 Å². The summed E-state index contributed by atoms with van der Waals surface area (Å²) in [7, 11) is 3.19. The maximum atomic E-state index is 11.3. The third-order valence-electron chi connectivity index (χ3n) is 4.42. The number of aryl methyl sites for hydroxylation is 1. The molecule has 0 radical (unpaired) electrons. The van der Waals surface area contributed by atoms with Crippen LogP contribution < -0.4 is 14.8 Å². The van der Waals surface area contributed by atoms with Gasteiger partial charge in [0.15, 0.2) is 17.0 Å². The first-order valence-electron chi connectivity index (χ1n) is 8.47. The number of fused-ring (bicyclic) bond motifs is 1. The van der Waals surface area contributed by atoms with E-state index in [-0.39, 0.29) is 11.7 Å². The lowest BCUT2D eigenvalue weighted by Gasteiger charge is -2.19. The summed E-state index contributed by atoms with van der Waals surface area (Å²) in [6.07, 6.45) is 0. The molecular weight excluding hydrogens is 346 g/mol. The second-order valence-corrected chi connectivity index (χ2v) is 6.22. The third-order valence-corrected chi connectivity index (χ3v) is 4.42. The average Bonchev–Trinajstić information content (AvgIpc) is 2.66. The Kier molecular flexibility index (Phi) is 5.12. The number of nitrogens with zero attached hydrogens (tertiary/aromatic N) is 2. The van der Waals surface area contributed by atoms with E-state index < -0.39 is 4.92 Å². The summed E-state index contributed by atoms with van der Waals surface area (Å²) in [6.45, 7) is 3.84. The summed E-state index contributed by atoms with van der Waals surface area (Å²) < 4.78 is 10.7. The van der Waals surface area contributed by atoms with Crippen LogP contribution in [-0.2, 0) is 0 Å². The van der Waals surface area contributed by atoms with E-state index in [4.69, 9.17) is 9.47 Å². The van der Waals surface area contributed by atoms with E-state index in [1.807, 2.05) is 44.2 Å². The zero-order valence-electron chi connectivity index (χ0n) is 15.6. The summed E-state index contributed by atoms with van der Waals surface area (Å²) >= 11 is 0. The Labute approximate surface area is 157 Å². The first-order valence-corrected chi connectivity index (χ1v) is 8.47. The van der Waals surface area contributed by atoms with Crippen LogP contribution in [0.25, 0.3) is 10.9 Å². The molecule has 27 heavy (non-hydrogen) atoms. The second-order valence-electron chi connectivity index (χ2n) is 6.22. The van der Waals surface area contributed by atoms with Gasteiger partial charge in [-0.25, -0.2) is 4.98 Å². The molecule has 0 aliphatic carbocycles. The van der Waals surface area contributed by atoms with Crippen molar-refractivity contribution in [3.05, 3.63) is 63.8 Å². The van der Waals surface area contributed by atoms with E-state index in [0.717, 1.165) is 11.3 Å². The van der Waals surface area contributed by atoms with E-state index in [0.29, 0.717) is 28.1 Å². The van der Waals surface area contributed by atoms with Gasteiger partial charge in [-0.05, 0) is 37.6 Å². The summed E-state index contributed by atoms with van der Waals surface area (Å²) in [6, 6.07) is 12.5. The molecule has 140 valence electrons. The predicted octanol–water partition coefficient (Wildman–Crippen LogP) is 4.64. The van der Waals surface area contributed by atoms with Crippen LogP contribution in [0.15, 0.2) is 42.5 Å². The van der Waals surface area contributed by atoms with E-state index in [9.17, 15) is 10.1 Å². The zero-order chi connectivity index (χ0) is 19.6. The van der Waals surface area contributed by atoms with Crippen molar-refractivity contribution in [2.75, 3.05) is 19.5 Å². The lowest BCUT2D eigenvalue weighted by atomic mass is 10.1. The van der Waals surface area contributed by atoms with Crippen LogP contribution in [0.5, 0.6) is 11.5 Å². The van der Waals surface area contributed by atoms with E-state index in [1.165, 1.54) is 6.07 Å². The van der Waals surface area contributed by atoms with Gasteiger partial charge in [0, 0.05) is 28.9 Å². The van der Waals surface area contributed by atoms with Gasteiger partial charge in [-0.3, -0.25) is 10.1 Å². The fourth-order valence-electron chi connectivity index (χ4n) is 3.07. The number of pyridine rings is 1. The molecule has 1 heterocycles. The molecule has 1 N–H and O–H groups in total. The van der Waals surface area contributed by atoms with Gasteiger partial charge in [0.25, 0.3) is 5.69 Å². The van der Waals surface area contributed by atoms with Gasteiger partial charge in [-0.15, -0.1) is 0 Å². The maximum Gasteiger partial charge on any atom is 0.295 e. The summed E-state index contributed by atoms with van der Waals surface area (Å²) in [4.78, 5) is 15.3. The molecule has 0 fully saturated rings. The number of non-ortho nitro benzene ring substituents is 1. The van der Waals surface area contributed by atoms with Gasteiger partial charge in [-0.2, -0.15) is 0 Å². The number of hydrogen-bond donors (Lipinski definition) is 1. The number of para-hydroxylation sites is 1. The minimum Gasteiger partial charge on any atom is -0.493 e. The van der Waals surface area contributed by atoms with Crippen molar-refractivity contribution < 1.29 is 14.4 Å². The molecule has 0 aliphatic rings. The topological polar surface area (TPSA) is 86.5 Å². The summed E-state index contributed by atoms with van der Waals surface area (Å²) in [5.74, 6) is 1.31. The van der Waals surface area contributed by atoms with E-state index in [1.54, 1.807) is 20.3 Å². The highest BCUT2D eigenvalue weighted by molar-refractivity contribution is 5.96. The van der Waals surface area contributed by atoms with Crippen LogP contribution in [0.4, 0.5) is 11.4 Å². The monoisotopic (exact) mass is 367 g/mol. The molecule has 3 rings (SSSR count). The van der Waals surface area contributed by atoms with Gasteiger partial charge in [0.1, 0.15) is 0 Å². The van der Waals surface area contributed by atoms with Crippen LogP contribution in [0.1, 0.15) is 24.2 Å². The lowest BCUT2D eigenvalue weighted by molar-refractivity contribution is -0.383. The van der Waals surface area contributed by atoms with Gasteiger partial charge in [0.2, 0.25) is 0 Å². The van der Waals surface area contributed by atoms with Crippen molar-refractivity contribution in [1.29, 1.82) is 0 Å². The Bertz CT molecular complexity index is 1000. The Morgan fingerprint density at radius 2 is 1.85 bits per heavy atom. The van der Waals surface area contributed by atoms with Crippen molar-refractivity contribution in [2.24, 2.45) is 0 Å². The number of methoxy groups -OCH3 is 2. The van der Waals surface area contributed by atoms with Gasteiger partial charge < -0.3 is 14.8 Å². The molecule has 2 aromatic carbocycles. The number of nitro benzene ring substituents is 1. The number of hydrogen-bond acceptors (Lipinski definition) is 6. The van der Waals surface area contributed by atoms with E-state index >= 15 is 0 Å². The Morgan fingerprint density at radius 3 is 2.52 bits per heavy atom. The van der Waals surface area contributed by atoms with Gasteiger partial charge in [0.05, 0.1) is 19.1 Å². The molecule has 0 amide bonds. The van der Waals surface area contributed by atoms with Crippen molar-refractivity contribution in [3.63, 3.8) is 0 Å². The first-order chi connectivity index (χ1) is 12.9. The molecule has 0 bridgehead atoms. The van der Waals surface area contributed by atoms with Gasteiger partial charge in [-0.1, -0.05) is 18.2 Å². The van der Waals surface area contributed by atoms with Crippen LogP contribution in [0.2, 0.25) is 0 Å². The normalized spacial score (nSPS) is 11.9. The first kappa shape index (κ1) is 18.4. The van der Waals surface area contributed by atoms with Crippen LogP contribution in [-0.4, -0.2) is 24.1 Å². The minimum atomic E-state index is -0.406. The highest BCUT2D eigenvalue weighted by Gasteiger charge is 2.17. The number of nitrogens with one attached hydrogen (secondary N) is 1. The molecule has 3 aromatic rings. The van der Waals surface area contributed by atoms with Crippen molar-refractivity contribution in [3.8, 4) is 11.5 Å². The standard InChI is InChI=1S/C20H21N3O4/c1-12-10-16(15-6-5-7-17(23(24)25)20(15)21-12)22-13(2)14-8-9-18(26-3)19(11-14)27-4/h5-11,13H,1-4H3,(H,21,22). The molecule has 7 heteroatoms. The Morgan fingerprint density at radius 1 is 1.11 bits per heavy atom. The van der Waals surface area contributed by atoms with Gasteiger partial charge >= 0.3 is 0 Å². The highest BCUT2D eigenvalue weighted by atomic mass is 16.6. The van der Waals surface area contributed by atoms with Crippen molar-refractivity contribution >= 4 is 22.3 Å². The van der Waals surface area contributed by atoms with Crippen molar-refractivity contribution in [1.82, 2.24) is 4.98 Å². The predicted molar refractivity (Wildman–Crippen MR) is 105 cm³/mol. The summed E-state index contributed by atoms with van der Waals surface area (Å²) in [5.41, 5.74) is 2.88. The maximum absolute atomic E-state index is 11.3. The molecule has 0 spiro atoms. The fraction of sp³-hybridized carbons (Fsp3) is 0.250. The quantitative estimate of drug-likeness (QED) is 0.504. The molecule has 0 saturated carbocycles. The smallest absolute Gasteiger partial charge is 0.295 e. The zero-order valence-corrected chi connectivity index (χ0v) is 15.6. The second kappa shape index (κ2) is 7.49. The highest BCUT2D eigenvalue weighted by Crippen LogP contribution is 2.34. The van der Waals surface area contributed by atoms with Crippen LogP contribution in [0, 0.1) is 17.0 Å². The molecule has 7 nitrogen and oxygen atoms in total. The number of anilines is 1. The molecular formula is C20H21N3O4. The fourth-order valence-corrected chi connectivity index (χ4v) is 3.07. The Hall–Kier alpha value is -3.35. The molecule has 0 aliphatic heterocycles. The molecule has 1 unspecified atom stereocenters. The summed E-state index contributed by atoms with van der Waals surface area (Å²) in [5, 5.41) is 15.5. The number of ether oxygens (including phenoxy) is 2. The van der Waals surface area contributed by atoms with Crippen LogP contribution in [0.3, 0.4) is 0 Å². The largest absolute Gasteiger partial charge is 0.493 e. The average molecular weight is 367 g/mol. The lowest BCUT2D eigenvalue weighted by Crippen LogP contribution is -2.08. The number of aromatic nitrogens is 1. The SMILES string of the molecule is COc1ccc(C(C)Nc2cc(C)nc3c([N+](=O)[O-])cccc23)cc1OC. The van der Waals surface area contributed by atoms with Crippen LogP contribution >= 0.6 is 0 Å². The third kappa shape index (κ3) is 3.62. The number of benzene rings is 2. The Balaban J connectivity index is 2.01. The number of nitro groups is 1. The number of rotatable bonds is 6. The molecule has 0 saturated heterocycles.